The van der Waals surface area contributed by atoms with Crippen LogP contribution in [0.15, 0.2) is 47.4 Å². The highest BCUT2D eigenvalue weighted by atomic mass is 32.2. The summed E-state index contributed by atoms with van der Waals surface area (Å²) >= 11 is 0. The van der Waals surface area contributed by atoms with Crippen molar-refractivity contribution >= 4 is 21.8 Å². The van der Waals surface area contributed by atoms with E-state index in [-0.39, 0.29) is 22.0 Å². The van der Waals surface area contributed by atoms with Gasteiger partial charge in [0.25, 0.3) is 0 Å². The molecule has 0 unspecified atom stereocenters. The Bertz CT molecular complexity index is 1040. The Hall–Kier alpha value is -2.71. The Morgan fingerprint density at radius 3 is 2.26 bits per heavy atom. The van der Waals surface area contributed by atoms with Gasteiger partial charge in [-0.15, -0.1) is 0 Å². The highest BCUT2D eigenvalue weighted by Gasteiger charge is 2.21. The fourth-order valence-electron chi connectivity index (χ4n) is 3.80. The smallest absolute Gasteiger partial charge is 0.338 e. The van der Waals surface area contributed by atoms with Crippen LogP contribution in [0.3, 0.4) is 0 Å². The molecule has 1 fully saturated rings. The van der Waals surface area contributed by atoms with Crippen LogP contribution in [0.1, 0.15) is 64.3 Å². The molecule has 7 nitrogen and oxygen atoms in total. The molecule has 0 heterocycles. The molecule has 0 amide bonds. The van der Waals surface area contributed by atoms with Gasteiger partial charge in [-0.05, 0) is 49.6 Å². The first-order valence-corrected chi connectivity index (χ1v) is 11.8. The van der Waals surface area contributed by atoms with E-state index in [9.17, 15) is 18.0 Å². The van der Waals surface area contributed by atoms with Crippen molar-refractivity contribution in [2.75, 3.05) is 20.8 Å². The average Bonchev–Trinajstić information content (AvgIpc) is 2.82. The number of ether oxygens (including phenoxy) is 2. The van der Waals surface area contributed by atoms with Crippen molar-refractivity contribution in [2.24, 2.45) is 0 Å². The van der Waals surface area contributed by atoms with Gasteiger partial charge in [0.05, 0.1) is 12.7 Å². The number of Topliss-reactive ketones (excluding diaryl/α,β-unsaturated/α-hetero) is 1. The van der Waals surface area contributed by atoms with Crippen LogP contribution in [0, 0.1) is 0 Å². The lowest BCUT2D eigenvalue weighted by atomic mass is 9.84. The molecular weight excluding hydrogens is 418 g/mol. The average molecular weight is 446 g/mol. The van der Waals surface area contributed by atoms with E-state index < -0.39 is 22.6 Å². The van der Waals surface area contributed by atoms with E-state index in [1.165, 1.54) is 64.0 Å². The molecule has 1 aliphatic carbocycles. The van der Waals surface area contributed by atoms with Crippen LogP contribution in [0.25, 0.3) is 0 Å². The number of ketones is 1. The SMILES string of the molecule is CNS(=O)(=O)c1cc(C(=O)OCC(=O)c2ccc(C3CCCCC3)cc2)ccc1OC. The summed E-state index contributed by atoms with van der Waals surface area (Å²) in [5.74, 6) is -0.462. The molecule has 0 spiro atoms. The zero-order valence-electron chi connectivity index (χ0n) is 17.7. The molecule has 0 radical (unpaired) electrons. The van der Waals surface area contributed by atoms with Crippen molar-refractivity contribution in [3.8, 4) is 5.75 Å². The quantitative estimate of drug-likeness (QED) is 0.491. The first kappa shape index (κ1) is 23.0. The first-order valence-electron chi connectivity index (χ1n) is 10.3. The molecule has 0 aromatic heterocycles. The van der Waals surface area contributed by atoms with E-state index >= 15 is 0 Å². The van der Waals surface area contributed by atoms with Crippen LogP contribution in [0.2, 0.25) is 0 Å². The highest BCUT2D eigenvalue weighted by molar-refractivity contribution is 7.89. The van der Waals surface area contributed by atoms with E-state index in [2.05, 4.69) is 4.72 Å². The van der Waals surface area contributed by atoms with Gasteiger partial charge < -0.3 is 9.47 Å². The van der Waals surface area contributed by atoms with Crippen molar-refractivity contribution < 1.29 is 27.5 Å². The number of sulfonamides is 1. The molecule has 2 aromatic rings. The second-order valence-electron chi connectivity index (χ2n) is 7.53. The Kier molecular flexibility index (Phi) is 7.46. The fourth-order valence-corrected chi connectivity index (χ4v) is 4.72. The van der Waals surface area contributed by atoms with E-state index in [0.717, 1.165) is 6.07 Å². The van der Waals surface area contributed by atoms with Crippen LogP contribution in [0.5, 0.6) is 5.75 Å². The van der Waals surface area contributed by atoms with Crippen molar-refractivity contribution in [3.63, 3.8) is 0 Å². The maximum Gasteiger partial charge on any atom is 0.338 e. The van der Waals surface area contributed by atoms with Gasteiger partial charge in [-0.2, -0.15) is 0 Å². The Balaban J connectivity index is 1.65. The van der Waals surface area contributed by atoms with E-state index in [1.54, 1.807) is 12.1 Å². The molecule has 0 aliphatic heterocycles. The topological polar surface area (TPSA) is 98.8 Å². The van der Waals surface area contributed by atoms with Crippen molar-refractivity contribution in [3.05, 3.63) is 59.2 Å². The lowest BCUT2D eigenvalue weighted by Gasteiger charge is -2.22. The number of esters is 1. The largest absolute Gasteiger partial charge is 0.495 e. The Labute approximate surface area is 182 Å². The molecule has 3 rings (SSSR count). The Morgan fingerprint density at radius 2 is 1.65 bits per heavy atom. The number of nitrogens with one attached hydrogen (secondary N) is 1. The fraction of sp³-hybridized carbons (Fsp3) is 0.391. The number of rotatable bonds is 8. The molecule has 1 N–H and O–H groups in total. The monoisotopic (exact) mass is 445 g/mol. The van der Waals surface area contributed by atoms with Crippen LogP contribution in [-0.2, 0) is 14.8 Å². The van der Waals surface area contributed by atoms with Crippen molar-refractivity contribution in [2.45, 2.75) is 42.9 Å². The molecule has 0 bridgehead atoms. The molecule has 166 valence electrons. The summed E-state index contributed by atoms with van der Waals surface area (Å²) in [6, 6.07) is 11.4. The summed E-state index contributed by atoms with van der Waals surface area (Å²) in [4.78, 5) is 24.6. The van der Waals surface area contributed by atoms with Crippen molar-refractivity contribution in [1.82, 2.24) is 4.72 Å². The van der Waals surface area contributed by atoms with E-state index in [0.29, 0.717) is 11.5 Å². The minimum absolute atomic E-state index is 0.00933. The molecule has 8 heteroatoms. The summed E-state index contributed by atoms with van der Waals surface area (Å²) in [6.07, 6.45) is 6.12. The number of hydrogen-bond acceptors (Lipinski definition) is 6. The van der Waals surface area contributed by atoms with E-state index in [1.807, 2.05) is 12.1 Å². The third-order valence-electron chi connectivity index (χ3n) is 5.60. The second kappa shape index (κ2) is 10.1. The van der Waals surface area contributed by atoms with Gasteiger partial charge in [0.2, 0.25) is 10.0 Å². The number of carbonyl (C=O) groups is 2. The zero-order chi connectivity index (χ0) is 22.4. The van der Waals surface area contributed by atoms with Gasteiger partial charge >= 0.3 is 5.97 Å². The minimum atomic E-state index is -3.83. The van der Waals surface area contributed by atoms with Gasteiger partial charge in [-0.1, -0.05) is 43.5 Å². The molecule has 0 saturated heterocycles. The molecule has 31 heavy (non-hydrogen) atoms. The first-order chi connectivity index (χ1) is 14.9. The molecule has 2 aromatic carbocycles. The van der Waals surface area contributed by atoms with Gasteiger partial charge in [0, 0.05) is 5.56 Å². The number of carbonyl (C=O) groups excluding carboxylic acids is 2. The lowest BCUT2D eigenvalue weighted by molar-refractivity contribution is 0.0474. The van der Waals surface area contributed by atoms with Gasteiger partial charge in [-0.3, -0.25) is 4.79 Å². The lowest BCUT2D eigenvalue weighted by Crippen LogP contribution is -2.20. The second-order valence-corrected chi connectivity index (χ2v) is 9.38. The van der Waals surface area contributed by atoms with Crippen LogP contribution >= 0.6 is 0 Å². The molecule has 1 aliphatic rings. The summed E-state index contributed by atoms with van der Waals surface area (Å²) in [7, 11) is -1.24. The predicted molar refractivity (Wildman–Crippen MR) is 116 cm³/mol. The van der Waals surface area contributed by atoms with Gasteiger partial charge in [-0.25, -0.2) is 17.9 Å². The zero-order valence-corrected chi connectivity index (χ0v) is 18.5. The number of hydrogen-bond donors (Lipinski definition) is 1. The third kappa shape index (κ3) is 5.51. The predicted octanol–water partition coefficient (Wildman–Crippen LogP) is 3.69. The number of methoxy groups -OCH3 is 1. The van der Waals surface area contributed by atoms with Crippen molar-refractivity contribution in [1.29, 1.82) is 0 Å². The molecule has 1 saturated carbocycles. The minimum Gasteiger partial charge on any atom is -0.495 e. The van der Waals surface area contributed by atoms with E-state index in [4.69, 9.17) is 9.47 Å². The summed E-state index contributed by atoms with van der Waals surface area (Å²) in [5.41, 5.74) is 1.72. The van der Waals surface area contributed by atoms with Gasteiger partial charge in [0.15, 0.2) is 12.4 Å². The van der Waals surface area contributed by atoms with Crippen LogP contribution in [0.4, 0.5) is 0 Å². The van der Waals surface area contributed by atoms with Crippen LogP contribution < -0.4 is 9.46 Å². The van der Waals surface area contributed by atoms with Gasteiger partial charge in [0.1, 0.15) is 10.6 Å². The standard InChI is InChI=1S/C23H27NO6S/c1-24-31(27,28)22-14-19(12-13-21(22)29-2)23(26)30-15-20(25)18-10-8-17(9-11-18)16-6-4-3-5-7-16/h8-14,16,24H,3-7,15H2,1-2H3. The summed E-state index contributed by atoms with van der Waals surface area (Å²) in [6.45, 7) is -0.429. The maximum absolute atomic E-state index is 12.4. The number of benzene rings is 2. The Morgan fingerprint density at radius 1 is 1.00 bits per heavy atom. The third-order valence-corrected chi connectivity index (χ3v) is 7.04. The maximum atomic E-state index is 12.4. The molecular formula is C23H27NO6S. The summed E-state index contributed by atoms with van der Waals surface area (Å²) in [5, 5.41) is 0. The normalized spacial score (nSPS) is 14.8. The summed E-state index contributed by atoms with van der Waals surface area (Å²) < 4.78 is 36.7. The van der Waals surface area contributed by atoms with Crippen LogP contribution in [-0.4, -0.2) is 40.9 Å². The highest BCUT2D eigenvalue weighted by Crippen LogP contribution is 2.32. The molecule has 0 atom stereocenters.